The van der Waals surface area contributed by atoms with Crippen LogP contribution in [0.15, 0.2) is 24.4 Å². The number of carboxylic acids is 1. The Kier molecular flexibility index (Phi) is 3.96. The Bertz CT molecular complexity index is 822. The molecule has 1 aliphatic rings. The van der Waals surface area contributed by atoms with Crippen molar-refractivity contribution in [2.75, 3.05) is 0 Å². The van der Waals surface area contributed by atoms with Crippen LogP contribution in [0.2, 0.25) is 0 Å². The molecule has 0 unspecified atom stereocenters. The number of non-ortho nitro benzene ring substituents is 1. The number of amides is 1. The molecule has 126 valence electrons. The summed E-state index contributed by atoms with van der Waals surface area (Å²) in [6.07, 6.45) is 3.82. The van der Waals surface area contributed by atoms with Crippen molar-refractivity contribution in [2.45, 2.75) is 37.6 Å². The predicted octanol–water partition coefficient (Wildman–Crippen LogP) is 2.13. The highest BCUT2D eigenvalue weighted by atomic mass is 16.6. The predicted molar refractivity (Wildman–Crippen MR) is 85.6 cm³/mol. The summed E-state index contributed by atoms with van der Waals surface area (Å²) in [4.78, 5) is 36.7. The fourth-order valence-electron chi connectivity index (χ4n) is 3.18. The molecule has 3 rings (SSSR count). The number of carbonyl (C=O) groups is 2. The summed E-state index contributed by atoms with van der Waals surface area (Å²) in [5.41, 5.74) is 0.675. The van der Waals surface area contributed by atoms with E-state index in [2.05, 4.69) is 10.3 Å². The van der Waals surface area contributed by atoms with Gasteiger partial charge in [0.15, 0.2) is 0 Å². The van der Waals surface area contributed by atoms with Crippen LogP contribution in [0.3, 0.4) is 0 Å². The fraction of sp³-hybridized carbons (Fsp3) is 0.375. The third-order valence-corrected chi connectivity index (χ3v) is 4.52. The molecule has 3 N–H and O–H groups in total. The zero-order valence-corrected chi connectivity index (χ0v) is 12.9. The second-order valence-corrected chi connectivity index (χ2v) is 6.23. The Hall–Kier alpha value is -2.90. The van der Waals surface area contributed by atoms with E-state index in [0.29, 0.717) is 29.3 Å². The number of nitro groups is 1. The minimum atomic E-state index is -0.933. The van der Waals surface area contributed by atoms with Crippen molar-refractivity contribution in [1.29, 1.82) is 0 Å². The summed E-state index contributed by atoms with van der Waals surface area (Å²) < 4.78 is 0. The molecule has 1 saturated carbocycles. The molecule has 0 radical (unpaired) electrons. The van der Waals surface area contributed by atoms with E-state index < -0.39 is 16.4 Å². The third-order valence-electron chi connectivity index (χ3n) is 4.52. The minimum Gasteiger partial charge on any atom is -0.481 e. The van der Waals surface area contributed by atoms with E-state index in [-0.39, 0.29) is 24.4 Å². The van der Waals surface area contributed by atoms with Gasteiger partial charge in [-0.2, -0.15) is 0 Å². The van der Waals surface area contributed by atoms with E-state index in [1.165, 1.54) is 12.1 Å². The zero-order chi connectivity index (χ0) is 17.3. The fourth-order valence-corrected chi connectivity index (χ4v) is 3.18. The normalized spacial score (nSPS) is 15.7. The van der Waals surface area contributed by atoms with Gasteiger partial charge in [0.25, 0.3) is 5.69 Å². The van der Waals surface area contributed by atoms with Crippen LogP contribution in [0, 0.1) is 10.1 Å². The van der Waals surface area contributed by atoms with Gasteiger partial charge in [-0.05, 0) is 30.9 Å². The van der Waals surface area contributed by atoms with Crippen LogP contribution in [0.1, 0.15) is 31.2 Å². The number of aromatic amines is 1. The van der Waals surface area contributed by atoms with Gasteiger partial charge in [0.1, 0.15) is 0 Å². The molecule has 0 atom stereocenters. The second-order valence-electron chi connectivity index (χ2n) is 6.23. The maximum atomic E-state index is 12.3. The highest BCUT2D eigenvalue weighted by Crippen LogP contribution is 2.35. The molecule has 0 bridgehead atoms. The number of hydrogen-bond donors (Lipinski definition) is 3. The van der Waals surface area contributed by atoms with Crippen molar-refractivity contribution in [3.05, 3.63) is 40.1 Å². The number of fused-ring (bicyclic) bond motifs is 1. The number of benzene rings is 1. The number of nitrogens with zero attached hydrogens (tertiary/aromatic N) is 1. The molecule has 1 aromatic heterocycles. The standard InChI is InChI=1S/C16H17N3O5/c20-14(18-16(4-1-5-16)8-15(21)22)6-10-9-17-13-3-2-11(19(23)24)7-12(10)13/h2-3,7,9,17H,1,4-6,8H2,(H,18,20)(H,21,22). The number of nitro benzene ring substituents is 1. The van der Waals surface area contributed by atoms with Gasteiger partial charge in [-0.15, -0.1) is 0 Å². The quantitative estimate of drug-likeness (QED) is 0.552. The van der Waals surface area contributed by atoms with Crippen LogP contribution in [0.5, 0.6) is 0 Å². The largest absolute Gasteiger partial charge is 0.481 e. The number of carbonyl (C=O) groups excluding carboxylic acids is 1. The Morgan fingerprint density at radius 3 is 2.71 bits per heavy atom. The molecule has 1 heterocycles. The molecule has 1 fully saturated rings. The molecule has 8 nitrogen and oxygen atoms in total. The van der Waals surface area contributed by atoms with Crippen LogP contribution < -0.4 is 5.32 Å². The molecule has 1 amide bonds. The van der Waals surface area contributed by atoms with Crippen molar-refractivity contribution in [2.24, 2.45) is 0 Å². The van der Waals surface area contributed by atoms with Gasteiger partial charge in [0, 0.05) is 29.2 Å². The van der Waals surface area contributed by atoms with Gasteiger partial charge in [-0.3, -0.25) is 19.7 Å². The average molecular weight is 331 g/mol. The summed E-state index contributed by atoms with van der Waals surface area (Å²) in [6.45, 7) is 0. The molecule has 1 aromatic carbocycles. The number of aromatic nitrogens is 1. The topological polar surface area (TPSA) is 125 Å². The average Bonchev–Trinajstić information content (AvgIpc) is 2.86. The number of H-pyrrole nitrogens is 1. The number of hydrogen-bond acceptors (Lipinski definition) is 4. The maximum absolute atomic E-state index is 12.3. The maximum Gasteiger partial charge on any atom is 0.305 e. The van der Waals surface area contributed by atoms with Gasteiger partial charge in [0.05, 0.1) is 23.3 Å². The lowest BCUT2D eigenvalue weighted by atomic mass is 9.74. The van der Waals surface area contributed by atoms with E-state index in [9.17, 15) is 19.7 Å². The van der Waals surface area contributed by atoms with Gasteiger partial charge in [-0.1, -0.05) is 0 Å². The van der Waals surface area contributed by atoms with Crippen LogP contribution in [-0.4, -0.2) is 32.4 Å². The SMILES string of the molecule is O=C(O)CC1(NC(=O)Cc2c[nH]c3ccc([N+](=O)[O-])cc23)CCC1. The summed E-state index contributed by atoms with van der Waals surface area (Å²) in [5, 5.41) is 23.3. The third kappa shape index (κ3) is 3.08. The Labute approximate surface area is 137 Å². The van der Waals surface area contributed by atoms with Crippen LogP contribution >= 0.6 is 0 Å². The number of aliphatic carboxylic acids is 1. The highest BCUT2D eigenvalue weighted by molar-refractivity contribution is 5.90. The first-order chi connectivity index (χ1) is 11.4. The van der Waals surface area contributed by atoms with Gasteiger partial charge in [-0.25, -0.2) is 0 Å². The summed E-state index contributed by atoms with van der Waals surface area (Å²) in [7, 11) is 0. The molecule has 0 spiro atoms. The summed E-state index contributed by atoms with van der Waals surface area (Å²) >= 11 is 0. The van der Waals surface area contributed by atoms with E-state index in [1.807, 2.05) is 0 Å². The smallest absolute Gasteiger partial charge is 0.305 e. The lowest BCUT2D eigenvalue weighted by molar-refractivity contribution is -0.384. The lowest BCUT2D eigenvalue weighted by Gasteiger charge is -2.41. The first kappa shape index (κ1) is 16.0. The van der Waals surface area contributed by atoms with Crippen molar-refractivity contribution < 1.29 is 19.6 Å². The molecule has 0 saturated heterocycles. The first-order valence-corrected chi connectivity index (χ1v) is 7.66. The Morgan fingerprint density at radius 1 is 1.38 bits per heavy atom. The van der Waals surface area contributed by atoms with Crippen molar-refractivity contribution in [3.8, 4) is 0 Å². The molecular formula is C16H17N3O5. The van der Waals surface area contributed by atoms with E-state index in [0.717, 1.165) is 6.42 Å². The van der Waals surface area contributed by atoms with E-state index >= 15 is 0 Å². The minimum absolute atomic E-state index is 0.0369. The Morgan fingerprint density at radius 2 is 2.12 bits per heavy atom. The van der Waals surface area contributed by atoms with E-state index in [4.69, 9.17) is 5.11 Å². The monoisotopic (exact) mass is 331 g/mol. The molecule has 2 aromatic rings. The molecular weight excluding hydrogens is 314 g/mol. The molecule has 8 heteroatoms. The van der Waals surface area contributed by atoms with E-state index in [1.54, 1.807) is 12.3 Å². The van der Waals surface area contributed by atoms with Crippen molar-refractivity contribution in [3.63, 3.8) is 0 Å². The molecule has 0 aliphatic heterocycles. The van der Waals surface area contributed by atoms with Crippen LogP contribution in [0.25, 0.3) is 10.9 Å². The second kappa shape index (κ2) is 5.95. The highest BCUT2D eigenvalue weighted by Gasteiger charge is 2.40. The van der Waals surface area contributed by atoms with Crippen LogP contribution in [0.4, 0.5) is 5.69 Å². The molecule has 24 heavy (non-hydrogen) atoms. The van der Waals surface area contributed by atoms with Gasteiger partial charge in [0.2, 0.25) is 5.91 Å². The molecule has 1 aliphatic carbocycles. The summed E-state index contributed by atoms with van der Waals surface area (Å²) in [6, 6.07) is 4.44. The van der Waals surface area contributed by atoms with Crippen molar-refractivity contribution >= 4 is 28.5 Å². The Balaban J connectivity index is 1.77. The van der Waals surface area contributed by atoms with Gasteiger partial charge < -0.3 is 15.4 Å². The number of carboxylic acid groups (broad SMARTS) is 1. The summed E-state index contributed by atoms with van der Waals surface area (Å²) in [5.74, 6) is -1.21. The van der Waals surface area contributed by atoms with Gasteiger partial charge >= 0.3 is 5.97 Å². The lowest BCUT2D eigenvalue weighted by Crippen LogP contribution is -2.55. The number of rotatable bonds is 6. The van der Waals surface area contributed by atoms with Crippen molar-refractivity contribution in [1.82, 2.24) is 10.3 Å². The first-order valence-electron chi connectivity index (χ1n) is 7.66. The van der Waals surface area contributed by atoms with Crippen LogP contribution in [-0.2, 0) is 16.0 Å². The zero-order valence-electron chi connectivity index (χ0n) is 12.9. The number of nitrogens with one attached hydrogen (secondary N) is 2.